The van der Waals surface area contributed by atoms with Gasteiger partial charge < -0.3 is 9.65 Å². The number of rotatable bonds is 3. The molecule has 1 aliphatic rings. The van der Waals surface area contributed by atoms with Gasteiger partial charge in [-0.25, -0.2) is 0 Å². The van der Waals surface area contributed by atoms with Gasteiger partial charge in [-0.05, 0) is 15.5 Å². The van der Waals surface area contributed by atoms with E-state index in [0.29, 0.717) is 13.1 Å². The molecule has 1 aliphatic heterocycles. The number of fused-ring (bicyclic) bond motifs is 1. The molecule has 3 rings (SSSR count). The Morgan fingerprint density at radius 1 is 1.60 bits per heavy atom. The fourth-order valence-electron chi connectivity index (χ4n) is 2.13. The van der Waals surface area contributed by atoms with Crippen LogP contribution in [0.25, 0.3) is 0 Å². The Kier molecular flexibility index (Phi) is 3.76. The van der Waals surface area contributed by atoms with Crippen LogP contribution < -0.4 is 5.32 Å². The Morgan fingerprint density at radius 3 is 3.25 bits per heavy atom. The Morgan fingerprint density at radius 2 is 2.45 bits per heavy atom. The summed E-state index contributed by atoms with van der Waals surface area (Å²) in [5.41, 5.74) is 2.98. The lowest BCUT2D eigenvalue weighted by atomic mass is 10.1. The largest absolute Gasteiger partial charge is 0.352 e. The molecule has 0 saturated carbocycles. The van der Waals surface area contributed by atoms with Crippen molar-refractivity contribution in [1.82, 2.24) is 14.1 Å². The smallest absolute Gasteiger partial charge is 0.119 e. The maximum absolute atomic E-state index is 8.75. The third-order valence-electron chi connectivity index (χ3n) is 3.08. The van der Waals surface area contributed by atoms with Gasteiger partial charge in [-0.1, -0.05) is 22.6 Å². The molecule has 6 nitrogen and oxygen atoms in total. The van der Waals surface area contributed by atoms with Crippen LogP contribution in [-0.2, 0) is 0 Å². The fraction of sp³-hybridized carbons (Fsp3) is 0.250. The van der Waals surface area contributed by atoms with E-state index < -0.39 is 0 Å². The SMILES string of the molecule is N#CCC(I)n1cc(C2=NCNc3c2ccn3P)cn1. The fourth-order valence-corrected chi connectivity index (χ4v) is 2.95. The quantitative estimate of drug-likeness (QED) is 0.491. The molecule has 0 saturated heterocycles. The summed E-state index contributed by atoms with van der Waals surface area (Å²) in [6.07, 6.45) is 6.16. The second kappa shape index (κ2) is 5.54. The van der Waals surface area contributed by atoms with Gasteiger partial charge in [-0.2, -0.15) is 10.4 Å². The Bertz CT molecular complexity index is 710. The number of aromatic nitrogens is 3. The summed E-state index contributed by atoms with van der Waals surface area (Å²) >= 11 is 2.21. The van der Waals surface area contributed by atoms with Gasteiger partial charge in [0.2, 0.25) is 0 Å². The van der Waals surface area contributed by atoms with Gasteiger partial charge in [-0.3, -0.25) is 9.67 Å². The van der Waals surface area contributed by atoms with E-state index >= 15 is 0 Å². The molecule has 2 aromatic heterocycles. The molecule has 0 bridgehead atoms. The zero-order chi connectivity index (χ0) is 14.1. The minimum absolute atomic E-state index is 0.0412. The van der Waals surface area contributed by atoms with E-state index in [4.69, 9.17) is 5.26 Å². The van der Waals surface area contributed by atoms with Crippen molar-refractivity contribution in [3.05, 3.63) is 35.8 Å². The highest BCUT2D eigenvalue weighted by Gasteiger charge is 2.20. The molecule has 0 aromatic carbocycles. The summed E-state index contributed by atoms with van der Waals surface area (Å²) in [7, 11) is 2.64. The maximum atomic E-state index is 8.75. The number of halogens is 1. The van der Waals surface area contributed by atoms with Gasteiger partial charge >= 0.3 is 0 Å². The van der Waals surface area contributed by atoms with Crippen molar-refractivity contribution in [2.24, 2.45) is 4.99 Å². The minimum Gasteiger partial charge on any atom is -0.352 e. The molecule has 2 atom stereocenters. The normalized spacial score (nSPS) is 14.9. The van der Waals surface area contributed by atoms with Crippen molar-refractivity contribution >= 4 is 43.5 Å². The van der Waals surface area contributed by atoms with E-state index in [1.165, 1.54) is 0 Å². The van der Waals surface area contributed by atoms with Crippen LogP contribution >= 0.6 is 32.0 Å². The number of alkyl halides is 1. The zero-order valence-corrected chi connectivity index (χ0v) is 13.8. The molecule has 8 heteroatoms. The average molecular weight is 398 g/mol. The van der Waals surface area contributed by atoms with Gasteiger partial charge in [-0.15, -0.1) is 0 Å². The zero-order valence-electron chi connectivity index (χ0n) is 10.5. The van der Waals surface area contributed by atoms with Gasteiger partial charge in [0.05, 0.1) is 24.4 Å². The standard InChI is InChI=1S/C12H12IN6P/c13-10(1-3-14)18-6-8(5-17-18)11-9-2-4-19(20)12(9)16-7-15-11/h2,4-6,10,16H,1,7,20H2. The van der Waals surface area contributed by atoms with E-state index in [1.54, 1.807) is 10.9 Å². The molecule has 102 valence electrons. The van der Waals surface area contributed by atoms with Crippen LogP contribution in [-0.4, -0.2) is 26.5 Å². The van der Waals surface area contributed by atoms with E-state index in [9.17, 15) is 0 Å². The minimum atomic E-state index is 0.0412. The Hall–Kier alpha value is -1.39. The topological polar surface area (TPSA) is 70.9 Å². The predicted octanol–water partition coefficient (Wildman–Crippen LogP) is 2.39. The van der Waals surface area contributed by atoms with E-state index in [0.717, 1.165) is 22.7 Å². The lowest BCUT2D eigenvalue weighted by Crippen LogP contribution is -2.16. The summed E-state index contributed by atoms with van der Waals surface area (Å²) < 4.78 is 3.81. The van der Waals surface area contributed by atoms with Gasteiger partial charge in [0, 0.05) is 23.5 Å². The van der Waals surface area contributed by atoms with Crippen LogP contribution in [0.2, 0.25) is 0 Å². The second-order valence-electron chi connectivity index (χ2n) is 4.33. The number of hydrogen-bond donors (Lipinski definition) is 1. The highest BCUT2D eigenvalue weighted by Crippen LogP contribution is 2.27. The molecule has 3 heterocycles. The van der Waals surface area contributed by atoms with Gasteiger partial charge in [0.25, 0.3) is 0 Å². The van der Waals surface area contributed by atoms with Crippen molar-refractivity contribution < 1.29 is 0 Å². The molecule has 2 unspecified atom stereocenters. The molecule has 0 radical (unpaired) electrons. The number of nitrogens with one attached hydrogen (secondary N) is 1. The first kappa shape index (κ1) is 13.6. The summed E-state index contributed by atoms with van der Waals surface area (Å²) in [6, 6.07) is 4.19. The van der Waals surface area contributed by atoms with Crippen LogP contribution in [0.1, 0.15) is 21.6 Å². The lowest BCUT2D eigenvalue weighted by Gasteiger charge is -2.15. The van der Waals surface area contributed by atoms with Crippen LogP contribution in [0.15, 0.2) is 29.6 Å². The highest BCUT2D eigenvalue weighted by molar-refractivity contribution is 14.1. The molecule has 0 amide bonds. The van der Waals surface area contributed by atoms with Gasteiger partial charge in [0.1, 0.15) is 16.5 Å². The monoisotopic (exact) mass is 398 g/mol. The van der Waals surface area contributed by atoms with Crippen molar-refractivity contribution in [3.8, 4) is 6.07 Å². The molecule has 0 aliphatic carbocycles. The first-order valence-corrected chi connectivity index (χ1v) is 7.77. The number of aliphatic imine (C=N–C) groups is 1. The van der Waals surface area contributed by atoms with Crippen molar-refractivity contribution in [2.45, 2.75) is 10.5 Å². The Balaban J connectivity index is 1.94. The third-order valence-corrected chi connectivity index (χ3v) is 4.52. The Labute approximate surface area is 132 Å². The summed E-state index contributed by atoms with van der Waals surface area (Å²) in [5, 5.41) is 16.3. The van der Waals surface area contributed by atoms with E-state index in [2.05, 4.69) is 53.5 Å². The maximum Gasteiger partial charge on any atom is 0.119 e. The van der Waals surface area contributed by atoms with Crippen molar-refractivity contribution in [1.29, 1.82) is 5.26 Å². The average Bonchev–Trinajstić information content (AvgIpc) is 3.07. The predicted molar refractivity (Wildman–Crippen MR) is 89.2 cm³/mol. The molecule has 20 heavy (non-hydrogen) atoms. The summed E-state index contributed by atoms with van der Waals surface area (Å²) in [5.74, 6) is 1.04. The first-order chi connectivity index (χ1) is 9.70. The third kappa shape index (κ3) is 2.34. The molecule has 1 N–H and O–H groups in total. The highest BCUT2D eigenvalue weighted by atomic mass is 127. The van der Waals surface area contributed by atoms with Crippen molar-refractivity contribution in [3.63, 3.8) is 0 Å². The summed E-state index contributed by atoms with van der Waals surface area (Å²) in [4.78, 5) is 4.54. The number of nitrogens with zero attached hydrogens (tertiary/aromatic N) is 5. The molecular formula is C12H12IN6P. The number of hydrogen-bond acceptors (Lipinski definition) is 4. The number of nitriles is 1. The summed E-state index contributed by atoms with van der Waals surface area (Å²) in [6.45, 7) is 0.553. The van der Waals surface area contributed by atoms with Crippen LogP contribution in [0, 0.1) is 11.3 Å². The van der Waals surface area contributed by atoms with Crippen LogP contribution in [0.4, 0.5) is 5.82 Å². The lowest BCUT2D eigenvalue weighted by molar-refractivity contribution is 0.633. The van der Waals surface area contributed by atoms with Crippen LogP contribution in [0.5, 0.6) is 0 Å². The van der Waals surface area contributed by atoms with E-state index in [1.807, 2.05) is 22.8 Å². The molecular weight excluding hydrogens is 386 g/mol. The first-order valence-electron chi connectivity index (χ1n) is 6.01. The van der Waals surface area contributed by atoms with E-state index in [-0.39, 0.29) is 4.05 Å². The second-order valence-corrected chi connectivity index (χ2v) is 6.33. The van der Waals surface area contributed by atoms with Crippen LogP contribution in [0.3, 0.4) is 0 Å². The molecule has 0 spiro atoms. The molecule has 2 aromatic rings. The molecule has 0 fully saturated rings. The van der Waals surface area contributed by atoms with Crippen molar-refractivity contribution in [2.75, 3.05) is 12.0 Å². The van der Waals surface area contributed by atoms with Gasteiger partial charge in [0.15, 0.2) is 0 Å². The number of anilines is 1.